The van der Waals surface area contributed by atoms with Gasteiger partial charge < -0.3 is 5.32 Å². The highest BCUT2D eigenvalue weighted by atomic mass is 32.2. The highest BCUT2D eigenvalue weighted by Gasteiger charge is 2.24. The Morgan fingerprint density at radius 2 is 1.88 bits per heavy atom. The lowest BCUT2D eigenvalue weighted by Crippen LogP contribution is -2.40. The Hall–Kier alpha value is -2.04. The molecule has 9 nitrogen and oxygen atoms in total. The van der Waals surface area contributed by atoms with Crippen molar-refractivity contribution >= 4 is 16.0 Å². The van der Waals surface area contributed by atoms with E-state index in [-0.39, 0.29) is 0 Å². The van der Waals surface area contributed by atoms with Gasteiger partial charge in [0.15, 0.2) is 5.82 Å². The molecular weight excluding hydrogens is 342 g/mol. The third kappa shape index (κ3) is 4.33. The van der Waals surface area contributed by atoms with Crippen molar-refractivity contribution in [2.45, 2.75) is 26.7 Å². The molecule has 0 radical (unpaired) electrons. The second kappa shape index (κ2) is 7.46. The van der Waals surface area contributed by atoms with E-state index in [2.05, 4.69) is 25.3 Å². The summed E-state index contributed by atoms with van der Waals surface area (Å²) < 4.78 is 29.9. The van der Waals surface area contributed by atoms with E-state index >= 15 is 0 Å². The molecule has 0 aliphatic carbocycles. The summed E-state index contributed by atoms with van der Waals surface area (Å²) in [4.78, 5) is 0. The van der Waals surface area contributed by atoms with Crippen molar-refractivity contribution in [3.63, 3.8) is 0 Å². The summed E-state index contributed by atoms with van der Waals surface area (Å²) in [5.41, 5.74) is 1.91. The van der Waals surface area contributed by atoms with Gasteiger partial charge in [-0.2, -0.15) is 17.8 Å². The Kier molecular flexibility index (Phi) is 5.30. The first-order valence-electron chi connectivity index (χ1n) is 8.32. The molecule has 0 atom stereocenters. The minimum Gasteiger partial charge on any atom is -0.367 e. The van der Waals surface area contributed by atoms with Gasteiger partial charge in [0.1, 0.15) is 5.82 Å². The molecule has 0 unspecified atom stereocenters. The minimum atomic E-state index is -3.36. The van der Waals surface area contributed by atoms with Gasteiger partial charge in [0.2, 0.25) is 0 Å². The highest BCUT2D eigenvalue weighted by molar-refractivity contribution is 7.87. The van der Waals surface area contributed by atoms with E-state index in [1.54, 1.807) is 10.7 Å². The maximum Gasteiger partial charge on any atom is 0.279 e. The van der Waals surface area contributed by atoms with Crippen molar-refractivity contribution in [3.05, 3.63) is 29.6 Å². The highest BCUT2D eigenvalue weighted by Crippen LogP contribution is 2.11. The summed E-state index contributed by atoms with van der Waals surface area (Å²) in [5, 5.41) is 15.7. The van der Waals surface area contributed by atoms with Gasteiger partial charge in [0.05, 0.1) is 5.69 Å². The number of nitrogens with one attached hydrogen (secondary N) is 2. The quantitative estimate of drug-likeness (QED) is 0.697. The van der Waals surface area contributed by atoms with Crippen LogP contribution in [0, 0.1) is 13.8 Å². The molecule has 1 aliphatic rings. The van der Waals surface area contributed by atoms with Crippen LogP contribution < -0.4 is 10.0 Å². The topological polar surface area (TPSA) is 105 Å². The smallest absolute Gasteiger partial charge is 0.279 e. The molecule has 1 fully saturated rings. The first-order valence-corrected chi connectivity index (χ1v) is 9.76. The van der Waals surface area contributed by atoms with Crippen LogP contribution in [0.15, 0.2) is 18.2 Å². The predicted molar refractivity (Wildman–Crippen MR) is 94.8 cm³/mol. The van der Waals surface area contributed by atoms with Crippen LogP contribution >= 0.6 is 0 Å². The fourth-order valence-corrected chi connectivity index (χ4v) is 4.07. The van der Waals surface area contributed by atoms with E-state index < -0.39 is 10.2 Å². The summed E-state index contributed by atoms with van der Waals surface area (Å²) in [7, 11) is -3.36. The lowest BCUT2D eigenvalue weighted by atomic mass is 10.4. The molecule has 3 heterocycles. The second-order valence-electron chi connectivity index (χ2n) is 6.05. The van der Waals surface area contributed by atoms with Gasteiger partial charge in [-0.05, 0) is 44.9 Å². The van der Waals surface area contributed by atoms with Gasteiger partial charge >= 0.3 is 0 Å². The first-order chi connectivity index (χ1) is 12.0. The molecule has 10 heteroatoms. The maximum atomic E-state index is 12.0. The second-order valence-corrected chi connectivity index (χ2v) is 7.80. The Morgan fingerprint density at radius 1 is 1.12 bits per heavy atom. The largest absolute Gasteiger partial charge is 0.367 e. The van der Waals surface area contributed by atoms with E-state index in [0.717, 1.165) is 24.2 Å². The molecule has 1 aliphatic heterocycles. The fourth-order valence-electron chi connectivity index (χ4n) is 2.78. The summed E-state index contributed by atoms with van der Waals surface area (Å²) in [5.74, 6) is 1.23. The molecule has 2 aromatic heterocycles. The third-order valence-electron chi connectivity index (χ3n) is 4.00. The van der Waals surface area contributed by atoms with Crippen LogP contribution in [0.3, 0.4) is 0 Å². The molecule has 2 aromatic rings. The monoisotopic (exact) mass is 365 g/mol. The van der Waals surface area contributed by atoms with Gasteiger partial charge in [-0.1, -0.05) is 0 Å². The Morgan fingerprint density at radius 3 is 2.48 bits per heavy atom. The molecular formula is C15H23N7O2S. The van der Waals surface area contributed by atoms with Crippen molar-refractivity contribution in [3.8, 4) is 5.82 Å². The van der Waals surface area contributed by atoms with Crippen LogP contribution in [0.1, 0.15) is 24.2 Å². The Bertz CT molecular complexity index is 811. The Balaban J connectivity index is 1.50. The summed E-state index contributed by atoms with van der Waals surface area (Å²) in [6, 6.07) is 5.59. The molecule has 0 amide bonds. The van der Waals surface area contributed by atoms with Crippen molar-refractivity contribution in [2.24, 2.45) is 0 Å². The number of aryl methyl sites for hydroxylation is 2. The molecule has 0 spiro atoms. The number of hydrogen-bond donors (Lipinski definition) is 2. The zero-order chi connectivity index (χ0) is 17.9. The van der Waals surface area contributed by atoms with Crippen LogP contribution in [0.4, 0.5) is 5.82 Å². The molecule has 2 N–H and O–H groups in total. The van der Waals surface area contributed by atoms with E-state index in [0.29, 0.717) is 37.8 Å². The number of hydrogen-bond acceptors (Lipinski definition) is 6. The predicted octanol–water partition coefficient (Wildman–Crippen LogP) is 0.621. The average molecular weight is 365 g/mol. The SMILES string of the molecule is Cc1cc(C)n(-c2ccc(NCCNS(=O)(=O)N3CCCC3)nn2)n1. The number of rotatable bonds is 7. The summed E-state index contributed by atoms with van der Waals surface area (Å²) in [6.07, 6.45) is 1.85. The van der Waals surface area contributed by atoms with Crippen molar-refractivity contribution < 1.29 is 8.42 Å². The normalized spacial score (nSPS) is 15.6. The van der Waals surface area contributed by atoms with E-state index in [4.69, 9.17) is 0 Å². The number of aromatic nitrogens is 4. The van der Waals surface area contributed by atoms with Crippen LogP contribution in [0.25, 0.3) is 5.82 Å². The molecule has 0 bridgehead atoms. The van der Waals surface area contributed by atoms with Gasteiger partial charge in [0.25, 0.3) is 10.2 Å². The first kappa shape index (κ1) is 17.8. The van der Waals surface area contributed by atoms with E-state index in [9.17, 15) is 8.42 Å². The number of anilines is 1. The molecule has 25 heavy (non-hydrogen) atoms. The summed E-state index contributed by atoms with van der Waals surface area (Å²) >= 11 is 0. The zero-order valence-corrected chi connectivity index (χ0v) is 15.3. The van der Waals surface area contributed by atoms with Crippen molar-refractivity contribution in [2.75, 3.05) is 31.5 Å². The maximum absolute atomic E-state index is 12.0. The third-order valence-corrected chi connectivity index (χ3v) is 5.61. The standard InChI is InChI=1S/C15H23N7O2S/c1-12-11-13(2)22(20-12)15-6-5-14(18-19-15)16-7-8-17-25(23,24)21-9-3-4-10-21/h5-6,11,17H,3-4,7-10H2,1-2H3,(H,16,18). The average Bonchev–Trinajstić information content (AvgIpc) is 3.22. The van der Waals surface area contributed by atoms with E-state index in [1.165, 1.54) is 4.31 Å². The van der Waals surface area contributed by atoms with Crippen LogP contribution in [0.2, 0.25) is 0 Å². The molecule has 0 saturated carbocycles. The van der Waals surface area contributed by atoms with Gasteiger partial charge in [-0.25, -0.2) is 9.40 Å². The van der Waals surface area contributed by atoms with Gasteiger partial charge in [-0.3, -0.25) is 0 Å². The van der Waals surface area contributed by atoms with Crippen LogP contribution in [-0.4, -0.2) is 58.9 Å². The van der Waals surface area contributed by atoms with Crippen molar-refractivity contribution in [1.82, 2.24) is 29.0 Å². The molecule has 0 aromatic carbocycles. The fraction of sp³-hybridized carbons (Fsp3) is 0.533. The van der Waals surface area contributed by atoms with Gasteiger partial charge in [0, 0.05) is 31.9 Å². The van der Waals surface area contributed by atoms with E-state index in [1.807, 2.05) is 26.0 Å². The molecule has 3 rings (SSSR count). The molecule has 136 valence electrons. The lowest BCUT2D eigenvalue weighted by molar-refractivity contribution is 0.466. The summed E-state index contributed by atoms with van der Waals surface area (Å²) in [6.45, 7) is 5.81. The Labute approximate surface area is 147 Å². The van der Waals surface area contributed by atoms with Gasteiger partial charge in [-0.15, -0.1) is 10.2 Å². The minimum absolute atomic E-state index is 0.291. The van der Waals surface area contributed by atoms with Crippen molar-refractivity contribution in [1.29, 1.82) is 0 Å². The lowest BCUT2D eigenvalue weighted by Gasteiger charge is -2.16. The van der Waals surface area contributed by atoms with Crippen LogP contribution in [-0.2, 0) is 10.2 Å². The number of nitrogens with zero attached hydrogens (tertiary/aromatic N) is 5. The zero-order valence-electron chi connectivity index (χ0n) is 14.4. The van der Waals surface area contributed by atoms with Crippen LogP contribution in [0.5, 0.6) is 0 Å². The molecule has 1 saturated heterocycles.